The predicted octanol–water partition coefficient (Wildman–Crippen LogP) is 2.54. The van der Waals surface area contributed by atoms with Gasteiger partial charge in [-0.05, 0) is 32.0 Å². The molecule has 14 heavy (non-hydrogen) atoms. The lowest BCUT2D eigenvalue weighted by atomic mass is 10.3. The first-order valence-electron chi connectivity index (χ1n) is 4.33. The fourth-order valence-corrected chi connectivity index (χ4v) is 1.56. The van der Waals surface area contributed by atoms with E-state index in [-0.39, 0.29) is 0 Å². The number of benzene rings is 1. The molecule has 2 aromatic rings. The van der Waals surface area contributed by atoms with E-state index in [0.717, 1.165) is 17.3 Å². The fourth-order valence-electron chi connectivity index (χ4n) is 1.37. The lowest BCUT2D eigenvalue weighted by Gasteiger charge is -2.02. The molecular formula is C10H10ClN3. The summed E-state index contributed by atoms with van der Waals surface area (Å²) in [5, 5.41) is 4.97. The lowest BCUT2D eigenvalue weighted by Crippen LogP contribution is -1.98. The second kappa shape index (κ2) is 3.42. The standard InChI is InChI=1S/C10H10ClN3/c1-7-12-8(2)14(13-7)10-5-3-4-9(11)6-10/h3-6H,1-2H3. The Bertz CT molecular complexity index is 462. The van der Waals surface area contributed by atoms with E-state index >= 15 is 0 Å². The second-order valence-electron chi connectivity index (χ2n) is 3.10. The van der Waals surface area contributed by atoms with Gasteiger partial charge in [-0.1, -0.05) is 17.7 Å². The van der Waals surface area contributed by atoms with Gasteiger partial charge in [0.2, 0.25) is 0 Å². The van der Waals surface area contributed by atoms with Crippen molar-refractivity contribution < 1.29 is 0 Å². The first-order chi connectivity index (χ1) is 6.66. The summed E-state index contributed by atoms with van der Waals surface area (Å²) in [4.78, 5) is 4.23. The lowest BCUT2D eigenvalue weighted by molar-refractivity contribution is 0.831. The Hall–Kier alpha value is -1.35. The highest BCUT2D eigenvalue weighted by atomic mass is 35.5. The maximum atomic E-state index is 5.89. The Morgan fingerprint density at radius 1 is 1.29 bits per heavy atom. The molecule has 4 heteroatoms. The van der Waals surface area contributed by atoms with Crippen LogP contribution in [0.15, 0.2) is 24.3 Å². The fraction of sp³-hybridized carbons (Fsp3) is 0.200. The van der Waals surface area contributed by atoms with Crippen LogP contribution in [0.3, 0.4) is 0 Å². The van der Waals surface area contributed by atoms with Crippen LogP contribution in [0.1, 0.15) is 11.6 Å². The summed E-state index contributed by atoms with van der Waals surface area (Å²) < 4.78 is 1.78. The molecule has 0 atom stereocenters. The zero-order chi connectivity index (χ0) is 10.1. The molecular weight excluding hydrogens is 198 g/mol. The topological polar surface area (TPSA) is 30.7 Å². The summed E-state index contributed by atoms with van der Waals surface area (Å²) in [6.07, 6.45) is 0. The van der Waals surface area contributed by atoms with Gasteiger partial charge in [0, 0.05) is 5.02 Å². The minimum atomic E-state index is 0.704. The van der Waals surface area contributed by atoms with Crippen LogP contribution >= 0.6 is 11.6 Å². The average Bonchev–Trinajstić information content (AvgIpc) is 2.45. The molecule has 0 radical (unpaired) electrons. The molecule has 0 saturated heterocycles. The summed E-state index contributed by atoms with van der Waals surface area (Å²) in [5.74, 6) is 1.63. The van der Waals surface area contributed by atoms with Gasteiger partial charge in [-0.25, -0.2) is 9.67 Å². The van der Waals surface area contributed by atoms with Crippen LogP contribution in [0.4, 0.5) is 0 Å². The van der Waals surface area contributed by atoms with Gasteiger partial charge >= 0.3 is 0 Å². The first-order valence-corrected chi connectivity index (χ1v) is 4.71. The van der Waals surface area contributed by atoms with E-state index in [1.165, 1.54) is 0 Å². The van der Waals surface area contributed by atoms with Crippen molar-refractivity contribution in [3.05, 3.63) is 40.9 Å². The third kappa shape index (κ3) is 1.63. The zero-order valence-electron chi connectivity index (χ0n) is 8.03. The summed E-state index contributed by atoms with van der Waals surface area (Å²) in [6.45, 7) is 3.79. The van der Waals surface area contributed by atoms with Crippen molar-refractivity contribution in [3.63, 3.8) is 0 Å². The highest BCUT2D eigenvalue weighted by molar-refractivity contribution is 6.30. The van der Waals surface area contributed by atoms with Crippen molar-refractivity contribution in [2.75, 3.05) is 0 Å². The molecule has 0 saturated carbocycles. The van der Waals surface area contributed by atoms with E-state index in [0.29, 0.717) is 5.02 Å². The smallest absolute Gasteiger partial charge is 0.148 e. The number of hydrogen-bond acceptors (Lipinski definition) is 2. The van der Waals surface area contributed by atoms with Crippen LogP contribution in [0, 0.1) is 13.8 Å². The number of nitrogens with zero attached hydrogens (tertiary/aromatic N) is 3. The molecule has 2 rings (SSSR count). The Morgan fingerprint density at radius 3 is 2.64 bits per heavy atom. The first kappa shape index (κ1) is 9.21. The van der Waals surface area contributed by atoms with Gasteiger partial charge in [0.25, 0.3) is 0 Å². The van der Waals surface area contributed by atoms with Crippen LogP contribution in [0.2, 0.25) is 5.02 Å². The minimum absolute atomic E-state index is 0.704. The molecule has 1 aromatic heterocycles. The normalized spacial score (nSPS) is 10.5. The van der Waals surface area contributed by atoms with E-state index in [9.17, 15) is 0 Å². The average molecular weight is 208 g/mol. The van der Waals surface area contributed by atoms with E-state index in [4.69, 9.17) is 11.6 Å². The number of aryl methyl sites for hydroxylation is 2. The van der Waals surface area contributed by atoms with E-state index in [2.05, 4.69) is 10.1 Å². The third-order valence-electron chi connectivity index (χ3n) is 1.93. The van der Waals surface area contributed by atoms with E-state index in [1.54, 1.807) is 4.68 Å². The molecule has 0 aliphatic heterocycles. The Morgan fingerprint density at radius 2 is 2.07 bits per heavy atom. The number of aromatic nitrogens is 3. The molecule has 72 valence electrons. The number of hydrogen-bond donors (Lipinski definition) is 0. The summed E-state index contributed by atoms with van der Waals surface area (Å²) in [7, 11) is 0. The van der Waals surface area contributed by atoms with Crippen LogP contribution < -0.4 is 0 Å². The molecule has 0 unspecified atom stereocenters. The van der Waals surface area contributed by atoms with E-state index < -0.39 is 0 Å². The number of halogens is 1. The molecule has 0 aliphatic rings. The molecule has 0 N–H and O–H groups in total. The molecule has 0 spiro atoms. The molecule has 0 fully saturated rings. The van der Waals surface area contributed by atoms with Crippen LogP contribution in [-0.2, 0) is 0 Å². The van der Waals surface area contributed by atoms with Crippen molar-refractivity contribution in [1.82, 2.24) is 14.8 Å². The van der Waals surface area contributed by atoms with Gasteiger partial charge in [-0.3, -0.25) is 0 Å². The number of rotatable bonds is 1. The predicted molar refractivity (Wildman–Crippen MR) is 55.8 cm³/mol. The third-order valence-corrected chi connectivity index (χ3v) is 2.16. The summed E-state index contributed by atoms with van der Waals surface area (Å²) >= 11 is 5.89. The molecule has 3 nitrogen and oxygen atoms in total. The maximum absolute atomic E-state index is 5.89. The maximum Gasteiger partial charge on any atom is 0.148 e. The van der Waals surface area contributed by atoms with Gasteiger partial charge in [0.1, 0.15) is 11.6 Å². The largest absolute Gasteiger partial charge is 0.218 e. The quantitative estimate of drug-likeness (QED) is 0.720. The van der Waals surface area contributed by atoms with Gasteiger partial charge in [-0.15, -0.1) is 0 Å². The zero-order valence-corrected chi connectivity index (χ0v) is 8.78. The van der Waals surface area contributed by atoms with Gasteiger partial charge in [0.15, 0.2) is 0 Å². The Labute approximate surface area is 87.3 Å². The van der Waals surface area contributed by atoms with Gasteiger partial charge in [-0.2, -0.15) is 5.10 Å². The van der Waals surface area contributed by atoms with Crippen LogP contribution in [0.25, 0.3) is 5.69 Å². The monoisotopic (exact) mass is 207 g/mol. The second-order valence-corrected chi connectivity index (χ2v) is 3.53. The van der Waals surface area contributed by atoms with E-state index in [1.807, 2.05) is 38.1 Å². The van der Waals surface area contributed by atoms with Gasteiger partial charge < -0.3 is 0 Å². The highest BCUT2D eigenvalue weighted by Gasteiger charge is 2.04. The van der Waals surface area contributed by atoms with Crippen molar-refractivity contribution >= 4 is 11.6 Å². The SMILES string of the molecule is Cc1nc(C)n(-c2cccc(Cl)c2)n1. The minimum Gasteiger partial charge on any atom is -0.218 e. The Kier molecular flexibility index (Phi) is 2.25. The van der Waals surface area contributed by atoms with Crippen molar-refractivity contribution in [3.8, 4) is 5.69 Å². The molecule has 0 aliphatic carbocycles. The molecule has 0 bridgehead atoms. The van der Waals surface area contributed by atoms with Crippen LogP contribution in [0.5, 0.6) is 0 Å². The van der Waals surface area contributed by atoms with Crippen molar-refractivity contribution in [2.45, 2.75) is 13.8 Å². The van der Waals surface area contributed by atoms with Crippen molar-refractivity contribution in [2.24, 2.45) is 0 Å². The van der Waals surface area contributed by atoms with Crippen LogP contribution in [-0.4, -0.2) is 14.8 Å². The molecule has 1 heterocycles. The van der Waals surface area contributed by atoms with Crippen molar-refractivity contribution in [1.29, 1.82) is 0 Å². The summed E-state index contributed by atoms with van der Waals surface area (Å²) in [5.41, 5.74) is 0.940. The molecule has 0 amide bonds. The highest BCUT2D eigenvalue weighted by Crippen LogP contribution is 2.15. The molecule has 1 aromatic carbocycles. The summed E-state index contributed by atoms with van der Waals surface area (Å²) in [6, 6.07) is 7.55. The Balaban J connectivity index is 2.54. The van der Waals surface area contributed by atoms with Gasteiger partial charge in [0.05, 0.1) is 5.69 Å².